The number of carbonyl (C=O) groups excluding carboxylic acids is 2. The van der Waals surface area contributed by atoms with E-state index in [1.165, 1.54) is 0 Å². The molecule has 1 saturated heterocycles. The van der Waals surface area contributed by atoms with Gasteiger partial charge in [-0.3, -0.25) is 9.59 Å². The van der Waals surface area contributed by atoms with Crippen LogP contribution in [0.3, 0.4) is 0 Å². The summed E-state index contributed by atoms with van der Waals surface area (Å²) in [6.45, 7) is 0.774. The van der Waals surface area contributed by atoms with Crippen LogP contribution in [0.4, 0.5) is 0 Å². The predicted molar refractivity (Wildman–Crippen MR) is 63.3 cm³/mol. The van der Waals surface area contributed by atoms with E-state index < -0.39 is 0 Å². The van der Waals surface area contributed by atoms with Gasteiger partial charge in [-0.1, -0.05) is 6.07 Å². The van der Waals surface area contributed by atoms with Crippen LogP contribution in [0, 0.1) is 0 Å². The summed E-state index contributed by atoms with van der Waals surface area (Å²) in [6.07, 6.45) is 1.95. The normalized spacial score (nSPS) is 16.1. The van der Waals surface area contributed by atoms with Crippen molar-refractivity contribution >= 4 is 22.6 Å². The molecule has 1 aliphatic rings. The Morgan fingerprint density at radius 1 is 1.24 bits per heavy atom. The van der Waals surface area contributed by atoms with Gasteiger partial charge in [0.2, 0.25) is 5.91 Å². The van der Waals surface area contributed by atoms with E-state index in [1.807, 2.05) is 30.5 Å². The first kappa shape index (κ1) is 10.1. The molecule has 17 heavy (non-hydrogen) atoms. The van der Waals surface area contributed by atoms with Gasteiger partial charge in [-0.15, -0.1) is 0 Å². The van der Waals surface area contributed by atoms with Gasteiger partial charge in [-0.2, -0.15) is 0 Å². The molecule has 2 heterocycles. The Labute approximate surface area is 98.2 Å². The molecule has 1 aliphatic heterocycles. The Bertz CT molecular complexity index is 600. The number of amides is 1. The van der Waals surface area contributed by atoms with Crippen LogP contribution in [0.25, 0.3) is 10.9 Å². The van der Waals surface area contributed by atoms with Gasteiger partial charge in [0.05, 0.1) is 13.0 Å². The first-order valence-corrected chi connectivity index (χ1v) is 5.58. The number of nitrogens with one attached hydrogen (secondary N) is 1. The Hall–Kier alpha value is -2.10. The molecule has 4 nitrogen and oxygen atoms in total. The zero-order chi connectivity index (χ0) is 11.8. The standard InChI is InChI=1S/C13H12N2O2/c16-11-6-13(17)15(8-11)7-9-1-2-12-10(5-9)3-4-14-12/h1-5,14H,6-8H2. The van der Waals surface area contributed by atoms with Crippen molar-refractivity contribution < 1.29 is 9.59 Å². The van der Waals surface area contributed by atoms with Crippen LogP contribution in [-0.4, -0.2) is 28.1 Å². The maximum Gasteiger partial charge on any atom is 0.230 e. The van der Waals surface area contributed by atoms with E-state index in [2.05, 4.69) is 4.98 Å². The van der Waals surface area contributed by atoms with E-state index in [0.29, 0.717) is 6.54 Å². The molecule has 1 fully saturated rings. The van der Waals surface area contributed by atoms with Gasteiger partial charge >= 0.3 is 0 Å². The molecule has 2 aromatic rings. The van der Waals surface area contributed by atoms with Crippen molar-refractivity contribution in [2.24, 2.45) is 0 Å². The van der Waals surface area contributed by atoms with Gasteiger partial charge in [-0.25, -0.2) is 0 Å². The average molecular weight is 228 g/mol. The van der Waals surface area contributed by atoms with Gasteiger partial charge in [0.1, 0.15) is 0 Å². The Kier molecular flexibility index (Phi) is 2.21. The molecule has 86 valence electrons. The summed E-state index contributed by atoms with van der Waals surface area (Å²) in [6, 6.07) is 8.01. The van der Waals surface area contributed by atoms with Crippen molar-refractivity contribution in [3.8, 4) is 0 Å². The van der Waals surface area contributed by atoms with Crippen LogP contribution < -0.4 is 0 Å². The molecule has 1 amide bonds. The number of Topliss-reactive ketones (excluding diaryl/α,β-unsaturated/α-hetero) is 1. The van der Waals surface area contributed by atoms with Crippen molar-refractivity contribution in [3.63, 3.8) is 0 Å². The molecule has 0 atom stereocenters. The van der Waals surface area contributed by atoms with Gasteiger partial charge in [0.25, 0.3) is 0 Å². The lowest BCUT2D eigenvalue weighted by molar-refractivity contribution is -0.128. The molecular weight excluding hydrogens is 216 g/mol. The summed E-state index contributed by atoms with van der Waals surface area (Å²) in [5, 5.41) is 1.13. The first-order valence-electron chi connectivity index (χ1n) is 5.58. The minimum absolute atomic E-state index is 0.0118. The summed E-state index contributed by atoms with van der Waals surface area (Å²) in [5.41, 5.74) is 2.14. The largest absolute Gasteiger partial charge is 0.361 e. The number of fused-ring (bicyclic) bond motifs is 1. The molecule has 4 heteroatoms. The number of ketones is 1. The van der Waals surface area contributed by atoms with Gasteiger partial charge < -0.3 is 9.88 Å². The maximum atomic E-state index is 11.5. The van der Waals surface area contributed by atoms with Crippen molar-refractivity contribution in [3.05, 3.63) is 36.0 Å². The van der Waals surface area contributed by atoms with Crippen LogP contribution in [0.2, 0.25) is 0 Å². The summed E-state index contributed by atoms with van der Waals surface area (Å²) >= 11 is 0. The van der Waals surface area contributed by atoms with Crippen molar-refractivity contribution in [2.45, 2.75) is 13.0 Å². The second kappa shape index (κ2) is 3.73. The number of hydrogen-bond acceptors (Lipinski definition) is 2. The molecule has 0 unspecified atom stereocenters. The highest BCUT2D eigenvalue weighted by Crippen LogP contribution is 2.17. The SMILES string of the molecule is O=C1CC(=O)N(Cc2ccc3[nH]ccc3c2)C1. The number of nitrogens with zero attached hydrogens (tertiary/aromatic N) is 1. The fourth-order valence-corrected chi connectivity index (χ4v) is 2.20. The van der Waals surface area contributed by atoms with Crippen molar-refractivity contribution in [2.75, 3.05) is 6.54 Å². The summed E-state index contributed by atoms with van der Waals surface area (Å²) in [4.78, 5) is 27.4. The van der Waals surface area contributed by atoms with E-state index >= 15 is 0 Å². The van der Waals surface area contributed by atoms with Gasteiger partial charge in [-0.05, 0) is 29.1 Å². The number of H-pyrrole nitrogens is 1. The highest BCUT2D eigenvalue weighted by molar-refractivity contribution is 6.05. The fraction of sp³-hybridized carbons (Fsp3) is 0.231. The molecule has 1 aromatic heterocycles. The van der Waals surface area contributed by atoms with E-state index in [-0.39, 0.29) is 24.7 Å². The highest BCUT2D eigenvalue weighted by Gasteiger charge is 2.27. The summed E-state index contributed by atoms with van der Waals surface area (Å²) in [7, 11) is 0. The molecule has 0 radical (unpaired) electrons. The third-order valence-electron chi connectivity index (χ3n) is 3.06. The van der Waals surface area contributed by atoms with Crippen LogP contribution in [0.5, 0.6) is 0 Å². The Morgan fingerprint density at radius 3 is 2.88 bits per heavy atom. The lowest BCUT2D eigenvalue weighted by Gasteiger charge is -2.14. The Balaban J connectivity index is 1.84. The lowest BCUT2D eigenvalue weighted by atomic mass is 10.1. The molecule has 0 saturated carbocycles. The van der Waals surface area contributed by atoms with Gasteiger partial charge in [0.15, 0.2) is 5.78 Å². The fourth-order valence-electron chi connectivity index (χ4n) is 2.20. The number of aromatic amines is 1. The highest BCUT2D eigenvalue weighted by atomic mass is 16.2. The van der Waals surface area contributed by atoms with Crippen LogP contribution in [-0.2, 0) is 16.1 Å². The van der Waals surface area contributed by atoms with Crippen molar-refractivity contribution in [1.29, 1.82) is 0 Å². The Morgan fingerprint density at radius 2 is 2.12 bits per heavy atom. The average Bonchev–Trinajstić information content (AvgIpc) is 2.85. The molecule has 0 spiro atoms. The van der Waals surface area contributed by atoms with Gasteiger partial charge in [0, 0.05) is 18.3 Å². The minimum Gasteiger partial charge on any atom is -0.361 e. The van der Waals surface area contributed by atoms with Crippen molar-refractivity contribution in [1.82, 2.24) is 9.88 Å². The second-order valence-electron chi connectivity index (χ2n) is 4.36. The third kappa shape index (κ3) is 1.82. The van der Waals surface area contributed by atoms with Crippen LogP contribution in [0.15, 0.2) is 30.5 Å². The summed E-state index contributed by atoms with van der Waals surface area (Å²) in [5.74, 6) is -0.0538. The lowest BCUT2D eigenvalue weighted by Crippen LogP contribution is -2.24. The zero-order valence-electron chi connectivity index (χ0n) is 9.27. The molecular formula is C13H12N2O2. The molecule has 3 rings (SSSR count). The van der Waals surface area contributed by atoms with Crippen LogP contribution >= 0.6 is 0 Å². The smallest absolute Gasteiger partial charge is 0.230 e. The number of rotatable bonds is 2. The zero-order valence-corrected chi connectivity index (χ0v) is 9.27. The molecule has 1 N–H and O–H groups in total. The van der Waals surface area contributed by atoms with E-state index in [9.17, 15) is 9.59 Å². The number of likely N-dealkylation sites (tertiary alicyclic amines) is 1. The number of aromatic nitrogens is 1. The number of benzene rings is 1. The number of hydrogen-bond donors (Lipinski definition) is 1. The van der Waals surface area contributed by atoms with E-state index in [1.54, 1.807) is 4.90 Å². The monoisotopic (exact) mass is 228 g/mol. The quantitative estimate of drug-likeness (QED) is 0.791. The molecule has 1 aromatic carbocycles. The van der Waals surface area contributed by atoms with E-state index in [0.717, 1.165) is 16.5 Å². The predicted octanol–water partition coefficient (Wildman–Crippen LogP) is 1.47. The third-order valence-corrected chi connectivity index (χ3v) is 3.06. The topological polar surface area (TPSA) is 53.2 Å². The summed E-state index contributed by atoms with van der Waals surface area (Å²) < 4.78 is 0. The van der Waals surface area contributed by atoms with Crippen LogP contribution in [0.1, 0.15) is 12.0 Å². The molecule has 0 bridgehead atoms. The molecule has 0 aliphatic carbocycles. The second-order valence-corrected chi connectivity index (χ2v) is 4.36. The minimum atomic E-state index is -0.0656. The maximum absolute atomic E-state index is 11.5. The van der Waals surface area contributed by atoms with E-state index in [4.69, 9.17) is 0 Å². The first-order chi connectivity index (χ1) is 8.22. The number of carbonyl (C=O) groups is 2.